The Hall–Kier alpha value is -1.16. The number of fused-ring (bicyclic) bond motifs is 1. The number of benzene rings is 1. The van der Waals surface area contributed by atoms with Crippen molar-refractivity contribution in [1.82, 2.24) is 10.3 Å². The maximum Gasteiger partial charge on any atom is 0.0761 e. The first-order valence-corrected chi connectivity index (χ1v) is 6.97. The third kappa shape index (κ3) is 3.90. The van der Waals surface area contributed by atoms with Crippen molar-refractivity contribution in [1.29, 1.82) is 0 Å². The number of aromatic nitrogens is 1. The Morgan fingerprint density at radius 3 is 3.00 bits per heavy atom. The number of aliphatic hydroxyl groups excluding tert-OH is 1. The highest BCUT2D eigenvalue weighted by Gasteiger charge is 2.05. The summed E-state index contributed by atoms with van der Waals surface area (Å²) in [7, 11) is 0. The fourth-order valence-electron chi connectivity index (χ4n) is 2.08. The molecule has 4 heteroatoms. The van der Waals surface area contributed by atoms with Crippen molar-refractivity contribution in [3.63, 3.8) is 0 Å². The van der Waals surface area contributed by atoms with Gasteiger partial charge in [0.25, 0.3) is 0 Å². The molecule has 0 radical (unpaired) electrons. The first kappa shape index (κ1) is 14.3. The second kappa shape index (κ2) is 6.85. The van der Waals surface area contributed by atoms with Gasteiger partial charge in [-0.2, -0.15) is 0 Å². The first-order valence-electron chi connectivity index (χ1n) is 6.59. The van der Waals surface area contributed by atoms with Crippen molar-refractivity contribution in [3.8, 4) is 0 Å². The van der Waals surface area contributed by atoms with Crippen LogP contribution in [-0.2, 0) is 6.54 Å². The Labute approximate surface area is 118 Å². The fraction of sp³-hybridized carbons (Fsp3) is 0.400. The molecule has 1 heterocycles. The van der Waals surface area contributed by atoms with Gasteiger partial charge in [0.1, 0.15) is 0 Å². The molecule has 1 atom stereocenters. The maximum absolute atomic E-state index is 9.19. The van der Waals surface area contributed by atoms with Crippen molar-refractivity contribution < 1.29 is 5.11 Å². The summed E-state index contributed by atoms with van der Waals surface area (Å²) < 4.78 is 0. The van der Waals surface area contributed by atoms with E-state index in [1.807, 2.05) is 31.2 Å². The van der Waals surface area contributed by atoms with Gasteiger partial charge in [-0.15, -0.1) is 0 Å². The van der Waals surface area contributed by atoms with E-state index in [4.69, 9.17) is 11.6 Å². The normalized spacial score (nSPS) is 12.8. The van der Waals surface area contributed by atoms with Crippen LogP contribution in [0.3, 0.4) is 0 Å². The predicted octanol–water partition coefficient (Wildman–Crippen LogP) is 3.14. The molecule has 1 aromatic carbocycles. The van der Waals surface area contributed by atoms with Gasteiger partial charge in [-0.25, -0.2) is 0 Å². The molecule has 0 aliphatic carbocycles. The van der Waals surface area contributed by atoms with Crippen LogP contribution in [-0.4, -0.2) is 22.7 Å². The Bertz CT molecular complexity index is 543. The molecule has 1 aromatic heterocycles. The lowest BCUT2D eigenvalue weighted by molar-refractivity contribution is 0.181. The molecule has 19 heavy (non-hydrogen) atoms. The summed E-state index contributed by atoms with van der Waals surface area (Å²) in [6.45, 7) is 3.48. The zero-order valence-corrected chi connectivity index (χ0v) is 11.8. The average Bonchev–Trinajstić information content (AvgIpc) is 2.41. The van der Waals surface area contributed by atoms with Crippen molar-refractivity contribution >= 4 is 22.5 Å². The average molecular weight is 279 g/mol. The maximum atomic E-state index is 9.19. The summed E-state index contributed by atoms with van der Waals surface area (Å²) >= 11 is 6.16. The molecule has 0 amide bonds. The molecular weight excluding hydrogens is 260 g/mol. The van der Waals surface area contributed by atoms with Crippen LogP contribution in [0.25, 0.3) is 10.9 Å². The van der Waals surface area contributed by atoms with Crippen LogP contribution in [0.4, 0.5) is 0 Å². The van der Waals surface area contributed by atoms with E-state index in [-0.39, 0.29) is 6.10 Å². The molecule has 0 fully saturated rings. The van der Waals surface area contributed by atoms with E-state index in [2.05, 4.69) is 10.3 Å². The lowest BCUT2D eigenvalue weighted by Crippen LogP contribution is -2.16. The summed E-state index contributed by atoms with van der Waals surface area (Å²) in [5.74, 6) is 0. The highest BCUT2D eigenvalue weighted by Crippen LogP contribution is 2.24. The summed E-state index contributed by atoms with van der Waals surface area (Å²) in [5.41, 5.74) is 2.11. The fourth-order valence-corrected chi connectivity index (χ4v) is 2.30. The standard InChI is InChI=1S/C15H19ClN2O/c1-11(19)4-2-8-17-10-12-6-7-14(16)13-5-3-9-18-15(12)13/h3,5-7,9,11,17,19H,2,4,8,10H2,1H3. The number of hydrogen-bond donors (Lipinski definition) is 2. The predicted molar refractivity (Wildman–Crippen MR) is 79.4 cm³/mol. The largest absolute Gasteiger partial charge is 0.393 e. The van der Waals surface area contributed by atoms with E-state index >= 15 is 0 Å². The molecule has 0 aliphatic heterocycles. The van der Waals surface area contributed by atoms with Crippen LogP contribution in [0.1, 0.15) is 25.3 Å². The van der Waals surface area contributed by atoms with Crippen molar-refractivity contribution in [3.05, 3.63) is 41.0 Å². The van der Waals surface area contributed by atoms with Crippen molar-refractivity contribution in [2.24, 2.45) is 0 Å². The Morgan fingerprint density at radius 1 is 1.37 bits per heavy atom. The Kier molecular flexibility index (Phi) is 5.14. The number of aliphatic hydroxyl groups is 1. The monoisotopic (exact) mass is 278 g/mol. The van der Waals surface area contributed by atoms with Crippen LogP contribution in [0.2, 0.25) is 5.02 Å². The van der Waals surface area contributed by atoms with Gasteiger partial charge in [0.15, 0.2) is 0 Å². The smallest absolute Gasteiger partial charge is 0.0761 e. The summed E-state index contributed by atoms with van der Waals surface area (Å²) in [4.78, 5) is 4.40. The van der Waals surface area contributed by atoms with Crippen LogP contribution in [0, 0.1) is 0 Å². The lowest BCUT2D eigenvalue weighted by atomic mass is 10.1. The molecule has 0 saturated heterocycles. The minimum atomic E-state index is -0.222. The van der Waals surface area contributed by atoms with Gasteiger partial charge in [0, 0.05) is 23.2 Å². The highest BCUT2D eigenvalue weighted by molar-refractivity contribution is 6.35. The summed E-state index contributed by atoms with van der Waals surface area (Å²) in [6, 6.07) is 7.81. The zero-order valence-electron chi connectivity index (χ0n) is 11.1. The number of nitrogens with one attached hydrogen (secondary N) is 1. The van der Waals surface area contributed by atoms with E-state index in [0.717, 1.165) is 47.4 Å². The third-order valence-corrected chi connectivity index (χ3v) is 3.42. The van der Waals surface area contributed by atoms with E-state index in [1.54, 1.807) is 6.20 Å². The summed E-state index contributed by atoms with van der Waals surface area (Å²) in [6.07, 6.45) is 3.36. The van der Waals surface area contributed by atoms with Gasteiger partial charge in [0.2, 0.25) is 0 Å². The number of rotatable bonds is 6. The highest BCUT2D eigenvalue weighted by atomic mass is 35.5. The third-order valence-electron chi connectivity index (χ3n) is 3.09. The Balaban J connectivity index is 1.99. The van der Waals surface area contributed by atoms with Gasteiger partial charge in [-0.1, -0.05) is 17.7 Å². The topological polar surface area (TPSA) is 45.1 Å². The minimum absolute atomic E-state index is 0.222. The molecule has 0 aliphatic rings. The molecule has 102 valence electrons. The van der Waals surface area contributed by atoms with Crippen LogP contribution in [0.15, 0.2) is 30.5 Å². The number of pyridine rings is 1. The Morgan fingerprint density at radius 2 is 2.21 bits per heavy atom. The van der Waals surface area contributed by atoms with Gasteiger partial charge in [-0.3, -0.25) is 4.98 Å². The molecule has 0 saturated carbocycles. The van der Waals surface area contributed by atoms with Crippen LogP contribution >= 0.6 is 11.6 Å². The minimum Gasteiger partial charge on any atom is -0.393 e. The molecule has 0 bridgehead atoms. The van der Waals surface area contributed by atoms with Crippen molar-refractivity contribution in [2.75, 3.05) is 6.54 Å². The number of hydrogen-bond acceptors (Lipinski definition) is 3. The molecule has 2 aromatic rings. The van der Waals surface area contributed by atoms with E-state index < -0.39 is 0 Å². The molecular formula is C15H19ClN2O. The second-order valence-electron chi connectivity index (χ2n) is 4.77. The molecule has 2 rings (SSSR count). The van der Waals surface area contributed by atoms with E-state index in [0.29, 0.717) is 0 Å². The van der Waals surface area contributed by atoms with E-state index in [1.165, 1.54) is 0 Å². The van der Waals surface area contributed by atoms with Gasteiger partial charge >= 0.3 is 0 Å². The van der Waals surface area contributed by atoms with Gasteiger partial charge in [-0.05, 0) is 50.1 Å². The summed E-state index contributed by atoms with van der Waals surface area (Å²) in [5, 5.41) is 14.3. The molecule has 2 N–H and O–H groups in total. The SMILES string of the molecule is CC(O)CCCNCc1ccc(Cl)c2cccnc12. The first-order chi connectivity index (χ1) is 9.18. The van der Waals surface area contributed by atoms with Crippen LogP contribution < -0.4 is 5.32 Å². The quantitative estimate of drug-likeness (QED) is 0.798. The van der Waals surface area contributed by atoms with Gasteiger partial charge in [0.05, 0.1) is 11.6 Å². The van der Waals surface area contributed by atoms with Crippen molar-refractivity contribution in [2.45, 2.75) is 32.4 Å². The lowest BCUT2D eigenvalue weighted by Gasteiger charge is -2.09. The molecule has 0 spiro atoms. The van der Waals surface area contributed by atoms with Gasteiger partial charge < -0.3 is 10.4 Å². The second-order valence-corrected chi connectivity index (χ2v) is 5.18. The molecule has 3 nitrogen and oxygen atoms in total. The number of halogens is 1. The molecule has 1 unspecified atom stereocenters. The number of nitrogens with zero attached hydrogens (tertiary/aromatic N) is 1. The van der Waals surface area contributed by atoms with Crippen LogP contribution in [0.5, 0.6) is 0 Å². The van der Waals surface area contributed by atoms with E-state index in [9.17, 15) is 5.11 Å². The zero-order chi connectivity index (χ0) is 13.7.